The molecule has 2 heterocycles. The smallest absolute Gasteiger partial charge is 0.220 e. The van der Waals surface area contributed by atoms with Gasteiger partial charge in [-0.3, -0.25) is 4.79 Å². The summed E-state index contributed by atoms with van der Waals surface area (Å²) in [5.74, 6) is -3.90. The van der Waals surface area contributed by atoms with Crippen molar-refractivity contribution in [1.82, 2.24) is 4.90 Å². The second kappa shape index (κ2) is 7.43. The molecule has 0 saturated carbocycles. The second-order valence-electron chi connectivity index (χ2n) is 7.69. The Labute approximate surface area is 171 Å². The van der Waals surface area contributed by atoms with Crippen LogP contribution in [0.5, 0.6) is 0 Å². The van der Waals surface area contributed by atoms with Crippen molar-refractivity contribution >= 4 is 17.2 Å². The van der Waals surface area contributed by atoms with Gasteiger partial charge in [0.1, 0.15) is 11.6 Å². The molecule has 0 radical (unpaired) electrons. The summed E-state index contributed by atoms with van der Waals surface area (Å²) < 4.78 is 56.5. The molecule has 0 aromatic heterocycles. The van der Waals surface area contributed by atoms with E-state index in [1.807, 2.05) is 0 Å². The first-order valence-electron chi connectivity index (χ1n) is 9.66. The van der Waals surface area contributed by atoms with Crippen LogP contribution in [0.1, 0.15) is 24.5 Å². The number of nitrogens with zero attached hydrogens (tertiary/aromatic N) is 1. The van der Waals surface area contributed by atoms with Gasteiger partial charge in [-0.2, -0.15) is 0 Å². The highest BCUT2D eigenvalue weighted by Crippen LogP contribution is 2.51. The normalized spacial score (nSPS) is 22.7. The molecule has 4 nitrogen and oxygen atoms in total. The summed E-state index contributed by atoms with van der Waals surface area (Å²) >= 11 is 0. The van der Waals surface area contributed by atoms with E-state index in [1.165, 1.54) is 11.8 Å². The fourth-order valence-corrected chi connectivity index (χ4v) is 4.69. The molecule has 2 aromatic rings. The van der Waals surface area contributed by atoms with E-state index in [0.717, 1.165) is 30.3 Å². The van der Waals surface area contributed by atoms with Crippen molar-refractivity contribution in [1.29, 1.82) is 0 Å². The molecule has 1 spiro atoms. The second-order valence-corrected chi connectivity index (χ2v) is 7.69. The number of fused-ring (bicyclic) bond motifs is 2. The summed E-state index contributed by atoms with van der Waals surface area (Å²) in [6.45, 7) is 2.03. The van der Waals surface area contributed by atoms with Gasteiger partial charge in [0.05, 0.1) is 5.54 Å². The summed E-state index contributed by atoms with van der Waals surface area (Å²) in [6, 6.07) is 5.23. The Balaban J connectivity index is 1.99. The maximum Gasteiger partial charge on any atom is 0.220 e. The molecule has 2 aliphatic rings. The van der Waals surface area contributed by atoms with Crippen LogP contribution in [0.15, 0.2) is 36.4 Å². The molecular weight excluding hydrogens is 398 g/mol. The van der Waals surface area contributed by atoms with Crippen molar-refractivity contribution < 1.29 is 22.4 Å². The number of hydrogen-bond acceptors (Lipinski definition) is 3. The van der Waals surface area contributed by atoms with Gasteiger partial charge in [0, 0.05) is 48.8 Å². The molecular formula is C22H21F4N3O. The lowest BCUT2D eigenvalue weighted by Gasteiger charge is -2.48. The van der Waals surface area contributed by atoms with E-state index in [9.17, 15) is 22.4 Å². The van der Waals surface area contributed by atoms with Crippen LogP contribution in [0.3, 0.4) is 0 Å². The van der Waals surface area contributed by atoms with Crippen molar-refractivity contribution in [3.8, 4) is 0 Å². The highest BCUT2D eigenvalue weighted by molar-refractivity contribution is 5.84. The highest BCUT2D eigenvalue weighted by Gasteiger charge is 2.52. The molecule has 3 N–H and O–H groups in total. The first-order valence-corrected chi connectivity index (χ1v) is 9.66. The van der Waals surface area contributed by atoms with Gasteiger partial charge in [-0.1, -0.05) is 0 Å². The monoisotopic (exact) mass is 419 g/mol. The van der Waals surface area contributed by atoms with Crippen molar-refractivity contribution in [3.05, 3.63) is 70.8 Å². The van der Waals surface area contributed by atoms with Gasteiger partial charge in [0.25, 0.3) is 0 Å². The fraction of sp³-hybridized carbons (Fsp3) is 0.318. The number of benzene rings is 2. The molecule has 4 rings (SSSR count). The van der Waals surface area contributed by atoms with Crippen molar-refractivity contribution in [2.45, 2.75) is 18.9 Å². The zero-order chi connectivity index (χ0) is 21.6. The lowest BCUT2D eigenvalue weighted by molar-refractivity contribution is -0.134. The quantitative estimate of drug-likeness (QED) is 0.745. The van der Waals surface area contributed by atoms with Gasteiger partial charge in [-0.15, -0.1) is 0 Å². The number of hydrogen-bond donors (Lipinski definition) is 2. The molecule has 1 amide bonds. The van der Waals surface area contributed by atoms with Crippen LogP contribution in [-0.4, -0.2) is 30.4 Å². The summed E-state index contributed by atoms with van der Waals surface area (Å²) in [6.07, 6.45) is 2.16. The van der Waals surface area contributed by atoms with Crippen LogP contribution in [0.25, 0.3) is 5.57 Å². The van der Waals surface area contributed by atoms with Crippen LogP contribution in [-0.2, 0) is 10.3 Å². The standard InChI is InChI=1S/C22H21F4N3O/c1-12(30)29-11-13(16-6-15(23)2-3-18(16)24)9-22(29)14(4-5-27)10-28-21-8-20(26)19(25)7-17(21)22/h2-3,6-9,14,28H,4-5,10-11,27H2,1H3. The SMILES string of the molecule is CC(=O)N1CC(c2cc(F)ccc2F)=CC12c1cc(F)c(F)cc1NCC2CCN. The molecule has 8 heteroatoms. The van der Waals surface area contributed by atoms with E-state index >= 15 is 0 Å². The van der Waals surface area contributed by atoms with Crippen molar-refractivity contribution in [2.75, 3.05) is 25.0 Å². The zero-order valence-corrected chi connectivity index (χ0v) is 16.3. The molecule has 158 valence electrons. The average molecular weight is 419 g/mol. The number of nitrogens with two attached hydrogens (primary N) is 1. The predicted molar refractivity (Wildman–Crippen MR) is 105 cm³/mol. The van der Waals surface area contributed by atoms with E-state index in [2.05, 4.69) is 5.32 Å². The van der Waals surface area contributed by atoms with E-state index in [1.54, 1.807) is 6.08 Å². The van der Waals surface area contributed by atoms with Gasteiger partial charge in [-0.25, -0.2) is 17.6 Å². The van der Waals surface area contributed by atoms with Gasteiger partial charge in [0.15, 0.2) is 11.6 Å². The third-order valence-corrected chi connectivity index (χ3v) is 5.99. The van der Waals surface area contributed by atoms with Crippen LogP contribution in [0, 0.1) is 29.2 Å². The Morgan fingerprint density at radius 2 is 1.90 bits per heavy atom. The van der Waals surface area contributed by atoms with Gasteiger partial charge >= 0.3 is 0 Å². The zero-order valence-electron chi connectivity index (χ0n) is 16.3. The van der Waals surface area contributed by atoms with Crippen LogP contribution in [0.4, 0.5) is 23.2 Å². The van der Waals surface area contributed by atoms with Crippen LogP contribution in [0.2, 0.25) is 0 Å². The maximum atomic E-state index is 14.5. The summed E-state index contributed by atoms with van der Waals surface area (Å²) in [5, 5.41) is 3.09. The molecule has 0 bridgehead atoms. The summed E-state index contributed by atoms with van der Waals surface area (Å²) in [4.78, 5) is 14.2. The largest absolute Gasteiger partial charge is 0.384 e. The number of anilines is 1. The Kier molecular flexibility index (Phi) is 5.05. The number of halogens is 4. The Morgan fingerprint density at radius 1 is 1.17 bits per heavy atom. The topological polar surface area (TPSA) is 58.4 Å². The average Bonchev–Trinajstić information content (AvgIpc) is 3.09. The van der Waals surface area contributed by atoms with Gasteiger partial charge < -0.3 is 16.0 Å². The summed E-state index contributed by atoms with van der Waals surface area (Å²) in [5.41, 5.74) is 5.80. The number of carbonyl (C=O) groups excluding carboxylic acids is 1. The summed E-state index contributed by atoms with van der Waals surface area (Å²) in [7, 11) is 0. The number of amides is 1. The fourth-order valence-electron chi connectivity index (χ4n) is 4.69. The molecule has 30 heavy (non-hydrogen) atoms. The maximum absolute atomic E-state index is 14.5. The lowest BCUT2D eigenvalue weighted by atomic mass is 9.72. The first kappa shape index (κ1) is 20.4. The Bertz CT molecular complexity index is 1050. The van der Waals surface area contributed by atoms with Gasteiger partial charge in [0.2, 0.25) is 5.91 Å². The number of nitrogens with one attached hydrogen (secondary N) is 1. The van der Waals surface area contributed by atoms with Crippen molar-refractivity contribution in [2.24, 2.45) is 11.7 Å². The number of rotatable bonds is 3. The molecule has 2 aromatic carbocycles. The van der Waals surface area contributed by atoms with Crippen molar-refractivity contribution in [3.63, 3.8) is 0 Å². The molecule has 2 aliphatic heterocycles. The minimum Gasteiger partial charge on any atom is -0.384 e. The highest BCUT2D eigenvalue weighted by atomic mass is 19.2. The van der Waals surface area contributed by atoms with E-state index in [4.69, 9.17) is 5.73 Å². The Hall–Kier alpha value is -2.87. The molecule has 0 saturated heterocycles. The van der Waals surface area contributed by atoms with Crippen LogP contribution >= 0.6 is 0 Å². The minimum atomic E-state index is -1.16. The molecule has 0 aliphatic carbocycles. The number of carbonyl (C=O) groups is 1. The third-order valence-electron chi connectivity index (χ3n) is 5.99. The first-order chi connectivity index (χ1) is 14.3. The van der Waals surface area contributed by atoms with Crippen LogP contribution < -0.4 is 11.1 Å². The van der Waals surface area contributed by atoms with E-state index in [-0.39, 0.29) is 23.9 Å². The predicted octanol–water partition coefficient (Wildman–Crippen LogP) is 3.77. The van der Waals surface area contributed by atoms with Gasteiger partial charge in [-0.05, 0) is 48.9 Å². The molecule has 2 unspecified atom stereocenters. The van der Waals surface area contributed by atoms with E-state index < -0.39 is 28.8 Å². The van der Waals surface area contributed by atoms with E-state index in [0.29, 0.717) is 36.3 Å². The molecule has 2 atom stereocenters. The lowest BCUT2D eigenvalue weighted by Crippen LogP contribution is -2.54. The molecule has 0 fully saturated rings. The third kappa shape index (κ3) is 3.06. The Morgan fingerprint density at radius 3 is 2.60 bits per heavy atom. The minimum absolute atomic E-state index is 0.00914.